The summed E-state index contributed by atoms with van der Waals surface area (Å²) in [5, 5.41) is 2.45. The van der Waals surface area contributed by atoms with Crippen LogP contribution in [-0.4, -0.2) is 46.6 Å². The number of carbonyl (C=O) groups excluding carboxylic acids is 2. The van der Waals surface area contributed by atoms with E-state index in [1.807, 2.05) is 0 Å². The molecule has 25 heavy (non-hydrogen) atoms. The highest BCUT2D eigenvalue weighted by molar-refractivity contribution is 7.89. The molecular weight excluding hydrogens is 348 g/mol. The zero-order valence-corrected chi connectivity index (χ0v) is 15.2. The Morgan fingerprint density at radius 3 is 2.56 bits per heavy atom. The van der Waals surface area contributed by atoms with Crippen molar-refractivity contribution in [1.29, 1.82) is 0 Å². The van der Waals surface area contributed by atoms with Crippen LogP contribution < -0.4 is 14.8 Å². The van der Waals surface area contributed by atoms with E-state index in [1.54, 1.807) is 13.8 Å². The van der Waals surface area contributed by atoms with E-state index in [-0.39, 0.29) is 28.8 Å². The van der Waals surface area contributed by atoms with E-state index in [1.165, 1.54) is 25.3 Å². The molecule has 0 radical (unpaired) electrons. The molecule has 138 valence electrons. The van der Waals surface area contributed by atoms with Crippen molar-refractivity contribution >= 4 is 21.9 Å². The molecule has 0 unspecified atom stereocenters. The van der Waals surface area contributed by atoms with E-state index in [4.69, 9.17) is 9.47 Å². The fourth-order valence-electron chi connectivity index (χ4n) is 1.84. The predicted octanol–water partition coefficient (Wildman–Crippen LogP) is 0.841. The number of ether oxygens (including phenoxy) is 2. The zero-order valence-electron chi connectivity index (χ0n) is 14.4. The number of esters is 1. The molecule has 0 aromatic heterocycles. The Balaban J connectivity index is 2.99. The number of hydrogen-bond donors (Lipinski definition) is 2. The molecule has 0 aliphatic heterocycles. The molecule has 8 nitrogen and oxygen atoms in total. The molecule has 1 rings (SSSR count). The molecule has 0 heterocycles. The quantitative estimate of drug-likeness (QED) is 0.492. The van der Waals surface area contributed by atoms with Gasteiger partial charge in [-0.3, -0.25) is 4.79 Å². The van der Waals surface area contributed by atoms with Crippen LogP contribution in [0.4, 0.5) is 0 Å². The molecule has 0 bridgehead atoms. The van der Waals surface area contributed by atoms with Gasteiger partial charge in [-0.05, 0) is 32.0 Å². The third-order valence-corrected chi connectivity index (χ3v) is 4.54. The third kappa shape index (κ3) is 6.20. The van der Waals surface area contributed by atoms with E-state index in [0.29, 0.717) is 0 Å². The summed E-state index contributed by atoms with van der Waals surface area (Å²) in [5.41, 5.74) is -0.0125. The van der Waals surface area contributed by atoms with Crippen LogP contribution in [0.25, 0.3) is 0 Å². The summed E-state index contributed by atoms with van der Waals surface area (Å²) in [4.78, 5) is 23.3. The van der Waals surface area contributed by atoms with Gasteiger partial charge in [-0.25, -0.2) is 17.9 Å². The van der Waals surface area contributed by atoms with Crippen LogP contribution in [0, 0.1) is 0 Å². The molecule has 0 saturated carbocycles. The molecule has 1 amide bonds. The second kappa shape index (κ2) is 9.19. The largest absolute Gasteiger partial charge is 0.495 e. The van der Waals surface area contributed by atoms with E-state index in [2.05, 4.69) is 16.6 Å². The average molecular weight is 370 g/mol. The van der Waals surface area contributed by atoms with Gasteiger partial charge in [0.25, 0.3) is 5.91 Å². The lowest BCUT2D eigenvalue weighted by atomic mass is 10.2. The van der Waals surface area contributed by atoms with Crippen LogP contribution >= 0.6 is 0 Å². The maximum atomic E-state index is 12.4. The molecule has 9 heteroatoms. The van der Waals surface area contributed by atoms with Crippen LogP contribution in [0.2, 0.25) is 0 Å². The normalized spacial score (nSPS) is 11.0. The lowest BCUT2D eigenvalue weighted by molar-refractivity contribution is -0.124. The average Bonchev–Trinajstić information content (AvgIpc) is 2.56. The van der Waals surface area contributed by atoms with Crippen molar-refractivity contribution in [2.24, 2.45) is 0 Å². The van der Waals surface area contributed by atoms with Gasteiger partial charge in [-0.15, -0.1) is 6.58 Å². The topological polar surface area (TPSA) is 111 Å². The summed E-state index contributed by atoms with van der Waals surface area (Å²) in [7, 11) is -2.55. The van der Waals surface area contributed by atoms with Gasteiger partial charge in [0, 0.05) is 12.6 Å². The lowest BCUT2D eigenvalue weighted by Crippen LogP contribution is -2.31. The summed E-state index contributed by atoms with van der Waals surface area (Å²) in [6, 6.07) is 3.52. The van der Waals surface area contributed by atoms with Gasteiger partial charge < -0.3 is 14.8 Å². The fourth-order valence-corrected chi connectivity index (χ4v) is 3.28. The summed E-state index contributed by atoms with van der Waals surface area (Å²) in [6.45, 7) is 6.56. The van der Waals surface area contributed by atoms with Gasteiger partial charge in [0.2, 0.25) is 10.0 Å². The third-order valence-electron chi connectivity index (χ3n) is 2.86. The van der Waals surface area contributed by atoms with Gasteiger partial charge >= 0.3 is 5.97 Å². The first-order valence-electron chi connectivity index (χ1n) is 7.46. The van der Waals surface area contributed by atoms with E-state index < -0.39 is 28.5 Å². The molecule has 1 aromatic rings. The van der Waals surface area contributed by atoms with E-state index in [0.717, 1.165) is 6.07 Å². The van der Waals surface area contributed by atoms with Crippen molar-refractivity contribution in [2.45, 2.75) is 24.8 Å². The number of hydrogen-bond acceptors (Lipinski definition) is 6. The zero-order chi connectivity index (χ0) is 19.0. The molecule has 0 saturated heterocycles. The van der Waals surface area contributed by atoms with Crippen molar-refractivity contribution in [3.63, 3.8) is 0 Å². The number of carbonyl (C=O) groups is 2. The first-order valence-corrected chi connectivity index (χ1v) is 8.94. The highest BCUT2D eigenvalue weighted by atomic mass is 32.2. The Morgan fingerprint density at radius 2 is 2.00 bits per heavy atom. The van der Waals surface area contributed by atoms with Crippen LogP contribution in [0.15, 0.2) is 35.7 Å². The minimum absolute atomic E-state index is 0.0125. The first-order chi connectivity index (χ1) is 11.7. The van der Waals surface area contributed by atoms with E-state index >= 15 is 0 Å². The molecule has 0 aliphatic carbocycles. The lowest BCUT2D eigenvalue weighted by Gasteiger charge is -2.14. The Bertz CT molecular complexity index is 743. The van der Waals surface area contributed by atoms with Crippen molar-refractivity contribution in [1.82, 2.24) is 10.0 Å². The Kier molecular flexibility index (Phi) is 7.59. The monoisotopic (exact) mass is 370 g/mol. The van der Waals surface area contributed by atoms with Gasteiger partial charge in [0.15, 0.2) is 6.61 Å². The number of rotatable bonds is 9. The molecule has 1 aromatic carbocycles. The van der Waals surface area contributed by atoms with Crippen LogP contribution in [0.1, 0.15) is 24.2 Å². The molecular formula is C16H22N2O6S. The van der Waals surface area contributed by atoms with Crippen molar-refractivity contribution in [2.75, 3.05) is 20.3 Å². The van der Waals surface area contributed by atoms with Gasteiger partial charge in [0.05, 0.1) is 12.7 Å². The minimum atomic E-state index is -3.87. The number of sulfonamides is 1. The number of benzene rings is 1. The van der Waals surface area contributed by atoms with Gasteiger partial charge in [0.1, 0.15) is 10.6 Å². The number of nitrogens with one attached hydrogen (secondary N) is 2. The molecule has 0 spiro atoms. The first kappa shape index (κ1) is 20.7. The summed E-state index contributed by atoms with van der Waals surface area (Å²) < 4.78 is 37.1. The van der Waals surface area contributed by atoms with Crippen LogP contribution in [0.5, 0.6) is 5.75 Å². The Morgan fingerprint density at radius 1 is 1.32 bits per heavy atom. The summed E-state index contributed by atoms with van der Waals surface area (Å²) in [5.74, 6) is -1.22. The summed E-state index contributed by atoms with van der Waals surface area (Å²) in [6.07, 6.45) is 1.49. The summed E-state index contributed by atoms with van der Waals surface area (Å²) >= 11 is 0. The molecule has 0 aliphatic rings. The molecule has 0 fully saturated rings. The van der Waals surface area contributed by atoms with Gasteiger partial charge in [-0.1, -0.05) is 6.08 Å². The van der Waals surface area contributed by atoms with Crippen LogP contribution in [0.3, 0.4) is 0 Å². The van der Waals surface area contributed by atoms with Crippen LogP contribution in [-0.2, 0) is 19.6 Å². The van der Waals surface area contributed by atoms with Gasteiger partial charge in [-0.2, -0.15) is 0 Å². The Labute approximate surface area is 147 Å². The second-order valence-electron chi connectivity index (χ2n) is 5.31. The minimum Gasteiger partial charge on any atom is -0.495 e. The standard InChI is InChI=1S/C16H22N2O6S/c1-5-8-17-15(19)10-24-16(20)12-6-7-13(23-4)14(9-12)25(21,22)18-11(2)3/h5-7,9,11,18H,1,8,10H2,2-4H3,(H,17,19). The molecule has 0 atom stereocenters. The Hall–Kier alpha value is -2.39. The van der Waals surface area contributed by atoms with Crippen molar-refractivity contribution in [3.05, 3.63) is 36.4 Å². The highest BCUT2D eigenvalue weighted by Gasteiger charge is 2.23. The van der Waals surface area contributed by atoms with E-state index in [9.17, 15) is 18.0 Å². The number of amides is 1. The number of methoxy groups -OCH3 is 1. The fraction of sp³-hybridized carbons (Fsp3) is 0.375. The maximum Gasteiger partial charge on any atom is 0.338 e. The SMILES string of the molecule is C=CCNC(=O)COC(=O)c1ccc(OC)c(S(=O)(=O)NC(C)C)c1. The highest BCUT2D eigenvalue weighted by Crippen LogP contribution is 2.25. The second-order valence-corrected chi connectivity index (χ2v) is 6.99. The molecule has 2 N–H and O–H groups in total. The van der Waals surface area contributed by atoms with Crippen molar-refractivity contribution in [3.8, 4) is 5.75 Å². The smallest absolute Gasteiger partial charge is 0.338 e. The predicted molar refractivity (Wildman–Crippen MR) is 91.9 cm³/mol. The van der Waals surface area contributed by atoms with Crippen molar-refractivity contribution < 1.29 is 27.5 Å². The maximum absolute atomic E-state index is 12.4.